The zero-order valence-corrected chi connectivity index (χ0v) is 11.1. The Hall–Kier alpha value is -1.85. The molecule has 0 saturated heterocycles. The highest BCUT2D eigenvalue weighted by Crippen LogP contribution is 2.13. The van der Waals surface area contributed by atoms with Crippen LogP contribution in [-0.4, -0.2) is 41.2 Å². The van der Waals surface area contributed by atoms with Crippen LogP contribution in [0.25, 0.3) is 0 Å². The number of hydrogen-bond donors (Lipinski definition) is 2. The van der Waals surface area contributed by atoms with Gasteiger partial charge < -0.3 is 15.3 Å². The molecular formula is C12H20N4O2. The van der Waals surface area contributed by atoms with Crippen molar-refractivity contribution in [3.8, 4) is 0 Å². The molecule has 0 spiro atoms. The van der Waals surface area contributed by atoms with E-state index < -0.39 is 11.9 Å². The lowest BCUT2D eigenvalue weighted by Crippen LogP contribution is -2.21. The first-order chi connectivity index (χ1) is 8.54. The summed E-state index contributed by atoms with van der Waals surface area (Å²) in [4.78, 5) is 21.0. The van der Waals surface area contributed by atoms with Crippen molar-refractivity contribution >= 4 is 17.6 Å². The van der Waals surface area contributed by atoms with Crippen molar-refractivity contribution in [3.05, 3.63) is 12.4 Å². The summed E-state index contributed by atoms with van der Waals surface area (Å²) in [6.07, 6.45) is 2.52. The maximum atomic E-state index is 10.7. The predicted octanol–water partition coefficient (Wildman–Crippen LogP) is 1.46. The Kier molecular flexibility index (Phi) is 5.35. The number of nitrogens with one attached hydrogen (secondary N) is 1. The van der Waals surface area contributed by atoms with E-state index in [1.165, 1.54) is 6.33 Å². The van der Waals surface area contributed by atoms with Crippen LogP contribution < -0.4 is 10.2 Å². The summed E-state index contributed by atoms with van der Waals surface area (Å²) in [6, 6.07) is 1.82. The van der Waals surface area contributed by atoms with E-state index in [1.54, 1.807) is 6.92 Å². The number of anilines is 2. The van der Waals surface area contributed by atoms with E-state index in [1.807, 2.05) is 18.0 Å². The van der Waals surface area contributed by atoms with Crippen molar-refractivity contribution in [2.45, 2.75) is 20.3 Å². The second-order valence-corrected chi connectivity index (χ2v) is 4.30. The summed E-state index contributed by atoms with van der Waals surface area (Å²) >= 11 is 0. The van der Waals surface area contributed by atoms with Gasteiger partial charge in [0.25, 0.3) is 0 Å². The molecule has 0 saturated carbocycles. The Bertz CT molecular complexity index is 397. The number of nitrogens with zero attached hydrogens (tertiary/aromatic N) is 3. The highest BCUT2D eigenvalue weighted by molar-refractivity contribution is 5.70. The van der Waals surface area contributed by atoms with Gasteiger partial charge in [-0.15, -0.1) is 0 Å². The van der Waals surface area contributed by atoms with Gasteiger partial charge in [-0.2, -0.15) is 0 Å². The number of carbonyl (C=O) groups is 1. The van der Waals surface area contributed by atoms with Crippen LogP contribution in [0.15, 0.2) is 12.4 Å². The smallest absolute Gasteiger partial charge is 0.308 e. The number of aliphatic carboxylic acids is 1. The number of rotatable bonds is 7. The molecule has 0 aromatic carbocycles. The van der Waals surface area contributed by atoms with Crippen LogP contribution in [0.4, 0.5) is 11.6 Å². The average Bonchev–Trinajstić information content (AvgIpc) is 2.36. The first-order valence-corrected chi connectivity index (χ1v) is 6.04. The summed E-state index contributed by atoms with van der Waals surface area (Å²) < 4.78 is 0. The number of hydrogen-bond acceptors (Lipinski definition) is 5. The Labute approximate surface area is 107 Å². The minimum absolute atomic E-state index is 0.350. The molecule has 0 bridgehead atoms. The van der Waals surface area contributed by atoms with Gasteiger partial charge in [0.2, 0.25) is 0 Å². The molecule has 0 amide bonds. The van der Waals surface area contributed by atoms with Crippen molar-refractivity contribution in [2.75, 3.05) is 30.4 Å². The minimum Gasteiger partial charge on any atom is -0.481 e. The molecule has 1 atom stereocenters. The van der Waals surface area contributed by atoms with Gasteiger partial charge in [0.05, 0.1) is 5.92 Å². The largest absolute Gasteiger partial charge is 0.481 e. The third kappa shape index (κ3) is 4.20. The topological polar surface area (TPSA) is 78.4 Å². The fourth-order valence-electron chi connectivity index (χ4n) is 1.45. The van der Waals surface area contributed by atoms with Crippen LogP contribution in [0, 0.1) is 5.92 Å². The summed E-state index contributed by atoms with van der Waals surface area (Å²) in [6.45, 7) is 5.03. The number of carboxylic acid groups (broad SMARTS) is 1. The van der Waals surface area contributed by atoms with Gasteiger partial charge >= 0.3 is 5.97 Å². The first-order valence-electron chi connectivity index (χ1n) is 6.04. The molecule has 1 aromatic heterocycles. The molecular weight excluding hydrogens is 232 g/mol. The molecule has 0 aliphatic carbocycles. The van der Waals surface area contributed by atoms with Gasteiger partial charge in [-0.3, -0.25) is 4.79 Å². The van der Waals surface area contributed by atoms with Crippen LogP contribution in [0.3, 0.4) is 0 Å². The molecule has 18 heavy (non-hydrogen) atoms. The van der Waals surface area contributed by atoms with E-state index in [2.05, 4.69) is 22.2 Å². The molecule has 1 rings (SSSR count). The molecule has 0 fully saturated rings. The van der Waals surface area contributed by atoms with E-state index in [0.29, 0.717) is 12.4 Å². The van der Waals surface area contributed by atoms with Crippen LogP contribution in [0.5, 0.6) is 0 Å². The fraction of sp³-hybridized carbons (Fsp3) is 0.583. The highest BCUT2D eigenvalue weighted by atomic mass is 16.4. The van der Waals surface area contributed by atoms with Crippen molar-refractivity contribution < 1.29 is 9.90 Å². The summed E-state index contributed by atoms with van der Waals surface area (Å²) in [5.74, 6) is 0.213. The van der Waals surface area contributed by atoms with E-state index in [4.69, 9.17) is 5.11 Å². The Morgan fingerprint density at radius 3 is 2.89 bits per heavy atom. The lowest BCUT2D eigenvalue weighted by molar-refractivity contribution is -0.140. The third-order valence-electron chi connectivity index (χ3n) is 2.61. The molecule has 1 aromatic rings. The molecule has 6 nitrogen and oxygen atoms in total. The third-order valence-corrected chi connectivity index (χ3v) is 2.61. The van der Waals surface area contributed by atoms with Crippen LogP contribution >= 0.6 is 0 Å². The van der Waals surface area contributed by atoms with Gasteiger partial charge in [-0.25, -0.2) is 9.97 Å². The Balaban J connectivity index is 2.62. The van der Waals surface area contributed by atoms with E-state index in [0.717, 1.165) is 18.8 Å². The average molecular weight is 252 g/mol. The lowest BCUT2D eigenvalue weighted by atomic mass is 10.2. The second kappa shape index (κ2) is 6.78. The molecule has 100 valence electrons. The van der Waals surface area contributed by atoms with Gasteiger partial charge in [0.15, 0.2) is 0 Å². The van der Waals surface area contributed by atoms with Gasteiger partial charge in [-0.1, -0.05) is 13.8 Å². The normalized spacial score (nSPS) is 11.9. The van der Waals surface area contributed by atoms with Crippen LogP contribution in [-0.2, 0) is 4.79 Å². The zero-order valence-electron chi connectivity index (χ0n) is 11.1. The van der Waals surface area contributed by atoms with Crippen LogP contribution in [0.1, 0.15) is 20.3 Å². The predicted molar refractivity (Wildman–Crippen MR) is 70.9 cm³/mol. The summed E-state index contributed by atoms with van der Waals surface area (Å²) in [7, 11) is 1.97. The van der Waals surface area contributed by atoms with E-state index in [9.17, 15) is 4.79 Å². The molecule has 2 N–H and O–H groups in total. The standard InChI is InChI=1S/C12H20N4O2/c1-4-5-16(3)11-6-10(14-8-15-11)13-7-9(2)12(17)18/h6,8-9H,4-5,7H2,1-3H3,(H,17,18)(H,13,14,15). The van der Waals surface area contributed by atoms with Gasteiger partial charge in [0.1, 0.15) is 18.0 Å². The van der Waals surface area contributed by atoms with E-state index >= 15 is 0 Å². The van der Waals surface area contributed by atoms with Gasteiger partial charge in [-0.05, 0) is 6.42 Å². The maximum Gasteiger partial charge on any atom is 0.308 e. The SMILES string of the molecule is CCCN(C)c1cc(NCC(C)C(=O)O)ncn1. The molecule has 0 radical (unpaired) electrons. The van der Waals surface area contributed by atoms with Gasteiger partial charge in [0, 0.05) is 26.2 Å². The first kappa shape index (κ1) is 14.2. The number of carboxylic acids is 1. The van der Waals surface area contributed by atoms with Crippen LogP contribution in [0.2, 0.25) is 0 Å². The highest BCUT2D eigenvalue weighted by Gasteiger charge is 2.11. The summed E-state index contributed by atoms with van der Waals surface area (Å²) in [5.41, 5.74) is 0. The Morgan fingerprint density at radius 2 is 2.28 bits per heavy atom. The number of aromatic nitrogens is 2. The van der Waals surface area contributed by atoms with Crippen molar-refractivity contribution in [1.29, 1.82) is 0 Å². The van der Waals surface area contributed by atoms with Crippen molar-refractivity contribution in [3.63, 3.8) is 0 Å². The van der Waals surface area contributed by atoms with E-state index in [-0.39, 0.29) is 0 Å². The lowest BCUT2D eigenvalue weighted by Gasteiger charge is -2.17. The molecule has 0 aliphatic rings. The van der Waals surface area contributed by atoms with Crippen molar-refractivity contribution in [2.24, 2.45) is 5.92 Å². The minimum atomic E-state index is -0.820. The monoisotopic (exact) mass is 252 g/mol. The fourth-order valence-corrected chi connectivity index (χ4v) is 1.45. The molecule has 1 unspecified atom stereocenters. The second-order valence-electron chi connectivity index (χ2n) is 4.30. The Morgan fingerprint density at radius 1 is 1.56 bits per heavy atom. The maximum absolute atomic E-state index is 10.7. The molecule has 1 heterocycles. The summed E-state index contributed by atoms with van der Waals surface area (Å²) in [5, 5.41) is 11.8. The molecule has 6 heteroatoms. The zero-order chi connectivity index (χ0) is 13.5. The quantitative estimate of drug-likeness (QED) is 0.765. The van der Waals surface area contributed by atoms with Crippen molar-refractivity contribution in [1.82, 2.24) is 9.97 Å². The molecule has 0 aliphatic heterocycles.